The summed E-state index contributed by atoms with van der Waals surface area (Å²) >= 11 is 0. The van der Waals surface area contributed by atoms with Gasteiger partial charge in [-0.25, -0.2) is 0 Å². The predicted octanol–water partition coefficient (Wildman–Crippen LogP) is 0.0892. The van der Waals surface area contributed by atoms with Gasteiger partial charge in [-0.1, -0.05) is 13.8 Å². The molecule has 82 valence electrons. The molecule has 1 saturated heterocycles. The molecule has 1 unspecified atom stereocenters. The van der Waals surface area contributed by atoms with Gasteiger partial charge in [-0.2, -0.15) is 0 Å². The Bertz CT molecular complexity index is 195. The number of ether oxygens (including phenoxy) is 1. The number of rotatable bonds is 4. The summed E-state index contributed by atoms with van der Waals surface area (Å²) in [6.45, 7) is 7.03. The minimum atomic E-state index is 0.187. The van der Waals surface area contributed by atoms with E-state index in [-0.39, 0.29) is 11.9 Å². The Balaban J connectivity index is 2.60. The van der Waals surface area contributed by atoms with Crippen LogP contribution >= 0.6 is 0 Å². The number of carbonyl (C=O) groups excluding carboxylic acids is 1. The van der Waals surface area contributed by atoms with Gasteiger partial charge in [-0.05, 0) is 5.92 Å². The van der Waals surface area contributed by atoms with E-state index in [9.17, 15) is 4.79 Å². The van der Waals surface area contributed by atoms with Crippen molar-refractivity contribution in [3.63, 3.8) is 0 Å². The van der Waals surface area contributed by atoms with E-state index in [2.05, 4.69) is 19.2 Å². The first-order chi connectivity index (χ1) is 6.66. The Morgan fingerprint density at radius 1 is 1.57 bits per heavy atom. The summed E-state index contributed by atoms with van der Waals surface area (Å²) in [5.74, 6) is 0.629. The smallest absolute Gasteiger partial charge is 0.236 e. The average molecular weight is 200 g/mol. The highest BCUT2D eigenvalue weighted by Crippen LogP contribution is 2.12. The highest BCUT2D eigenvalue weighted by molar-refractivity contribution is 5.79. The number of hydrogen-bond donors (Lipinski definition) is 1. The lowest BCUT2D eigenvalue weighted by atomic mass is 10.0. The van der Waals surface area contributed by atoms with E-state index in [1.165, 1.54) is 0 Å². The van der Waals surface area contributed by atoms with Gasteiger partial charge in [0.05, 0.1) is 19.2 Å². The third-order valence-electron chi connectivity index (χ3n) is 2.63. The van der Waals surface area contributed by atoms with Crippen molar-refractivity contribution in [3.05, 3.63) is 0 Å². The van der Waals surface area contributed by atoms with Gasteiger partial charge in [0.1, 0.15) is 0 Å². The van der Waals surface area contributed by atoms with Crippen LogP contribution in [0.3, 0.4) is 0 Å². The fraction of sp³-hybridized carbons (Fsp3) is 0.900. The highest BCUT2D eigenvalue weighted by atomic mass is 16.5. The Kier molecular flexibility index (Phi) is 4.35. The van der Waals surface area contributed by atoms with Gasteiger partial charge in [-0.15, -0.1) is 0 Å². The van der Waals surface area contributed by atoms with Crippen molar-refractivity contribution in [3.8, 4) is 0 Å². The van der Waals surface area contributed by atoms with Crippen molar-refractivity contribution in [1.29, 1.82) is 0 Å². The molecular formula is C10H20N2O2. The third kappa shape index (κ3) is 2.69. The van der Waals surface area contributed by atoms with Crippen LogP contribution in [0.2, 0.25) is 0 Å². The molecule has 4 nitrogen and oxygen atoms in total. The summed E-state index contributed by atoms with van der Waals surface area (Å²) in [7, 11) is 1.68. The Labute approximate surface area is 85.6 Å². The first kappa shape index (κ1) is 11.5. The topological polar surface area (TPSA) is 41.6 Å². The molecule has 1 fully saturated rings. The van der Waals surface area contributed by atoms with Gasteiger partial charge < -0.3 is 15.0 Å². The predicted molar refractivity (Wildman–Crippen MR) is 55.1 cm³/mol. The number of amides is 1. The second-order valence-electron chi connectivity index (χ2n) is 4.03. The maximum atomic E-state index is 11.6. The Hall–Kier alpha value is -0.610. The van der Waals surface area contributed by atoms with E-state index in [0.717, 1.165) is 13.1 Å². The molecule has 1 rings (SSSR count). The van der Waals surface area contributed by atoms with Gasteiger partial charge in [-0.3, -0.25) is 4.79 Å². The van der Waals surface area contributed by atoms with Crippen LogP contribution in [0, 0.1) is 5.92 Å². The van der Waals surface area contributed by atoms with Crippen molar-refractivity contribution in [1.82, 2.24) is 10.2 Å². The van der Waals surface area contributed by atoms with E-state index < -0.39 is 0 Å². The molecule has 1 amide bonds. The molecule has 0 saturated carbocycles. The number of nitrogens with one attached hydrogen (secondary N) is 1. The first-order valence-electron chi connectivity index (χ1n) is 5.16. The van der Waals surface area contributed by atoms with Gasteiger partial charge >= 0.3 is 0 Å². The van der Waals surface area contributed by atoms with Gasteiger partial charge in [0.2, 0.25) is 5.91 Å². The van der Waals surface area contributed by atoms with Crippen LogP contribution in [-0.2, 0) is 9.53 Å². The first-order valence-corrected chi connectivity index (χ1v) is 5.16. The normalized spacial score (nSPS) is 20.3. The van der Waals surface area contributed by atoms with Crippen LogP contribution in [0.5, 0.6) is 0 Å². The van der Waals surface area contributed by atoms with Gasteiger partial charge in [0.15, 0.2) is 0 Å². The third-order valence-corrected chi connectivity index (χ3v) is 2.63. The zero-order valence-corrected chi connectivity index (χ0v) is 9.25. The molecule has 0 aromatic heterocycles. The van der Waals surface area contributed by atoms with Crippen molar-refractivity contribution in [2.24, 2.45) is 5.92 Å². The summed E-state index contributed by atoms with van der Waals surface area (Å²) < 4.78 is 5.15. The van der Waals surface area contributed by atoms with Crippen LogP contribution in [0.1, 0.15) is 13.8 Å². The van der Waals surface area contributed by atoms with Crippen LogP contribution in [0.4, 0.5) is 0 Å². The van der Waals surface area contributed by atoms with Crippen LogP contribution in [0.25, 0.3) is 0 Å². The monoisotopic (exact) mass is 200 g/mol. The molecule has 1 N–H and O–H groups in total. The van der Waals surface area contributed by atoms with Crippen molar-refractivity contribution in [2.45, 2.75) is 19.9 Å². The SMILES string of the molecule is COCC(C(C)C)N1CCNCC1=O. The zero-order chi connectivity index (χ0) is 10.6. The molecule has 0 aromatic rings. The van der Waals surface area contributed by atoms with E-state index >= 15 is 0 Å². The molecule has 14 heavy (non-hydrogen) atoms. The van der Waals surface area contributed by atoms with E-state index in [1.807, 2.05) is 4.90 Å². The molecule has 0 aliphatic carbocycles. The molecule has 0 bridgehead atoms. The summed E-state index contributed by atoms with van der Waals surface area (Å²) in [6.07, 6.45) is 0. The molecule has 0 aromatic carbocycles. The van der Waals surface area contributed by atoms with Crippen LogP contribution < -0.4 is 5.32 Å². The van der Waals surface area contributed by atoms with E-state index in [1.54, 1.807) is 7.11 Å². The lowest BCUT2D eigenvalue weighted by molar-refractivity contribution is -0.136. The van der Waals surface area contributed by atoms with Crippen molar-refractivity contribution in [2.75, 3.05) is 33.4 Å². The Morgan fingerprint density at radius 2 is 2.29 bits per heavy atom. The molecule has 0 spiro atoms. The molecule has 1 atom stereocenters. The van der Waals surface area contributed by atoms with E-state index in [4.69, 9.17) is 4.74 Å². The number of methoxy groups -OCH3 is 1. The molecule has 0 radical (unpaired) electrons. The van der Waals surface area contributed by atoms with Gasteiger partial charge in [0.25, 0.3) is 0 Å². The Morgan fingerprint density at radius 3 is 2.79 bits per heavy atom. The summed E-state index contributed by atoms with van der Waals surface area (Å²) in [6, 6.07) is 0.217. The van der Waals surface area contributed by atoms with Crippen LogP contribution in [-0.4, -0.2) is 50.2 Å². The number of piperazine rings is 1. The minimum Gasteiger partial charge on any atom is -0.383 e. The number of carbonyl (C=O) groups is 1. The number of hydrogen-bond acceptors (Lipinski definition) is 3. The summed E-state index contributed by atoms with van der Waals surface area (Å²) in [4.78, 5) is 13.6. The van der Waals surface area contributed by atoms with Crippen molar-refractivity contribution < 1.29 is 9.53 Å². The van der Waals surface area contributed by atoms with E-state index in [0.29, 0.717) is 19.1 Å². The lowest BCUT2D eigenvalue weighted by Crippen LogP contribution is -2.55. The fourth-order valence-electron chi connectivity index (χ4n) is 1.78. The largest absolute Gasteiger partial charge is 0.383 e. The quantitative estimate of drug-likeness (QED) is 0.699. The molecule has 1 heterocycles. The second kappa shape index (κ2) is 5.32. The van der Waals surface area contributed by atoms with Gasteiger partial charge in [0, 0.05) is 20.2 Å². The molecule has 1 aliphatic heterocycles. The average Bonchev–Trinajstić information content (AvgIpc) is 2.15. The van der Waals surface area contributed by atoms with Crippen molar-refractivity contribution >= 4 is 5.91 Å². The maximum absolute atomic E-state index is 11.6. The number of nitrogens with zero attached hydrogens (tertiary/aromatic N) is 1. The lowest BCUT2D eigenvalue weighted by Gasteiger charge is -2.36. The zero-order valence-electron chi connectivity index (χ0n) is 9.25. The summed E-state index contributed by atoms with van der Waals surface area (Å²) in [5.41, 5.74) is 0. The molecule has 1 aliphatic rings. The molecular weight excluding hydrogens is 180 g/mol. The molecule has 4 heteroatoms. The minimum absolute atomic E-state index is 0.187. The standard InChI is InChI=1S/C10H20N2O2/c1-8(2)9(7-14-3)12-5-4-11-6-10(12)13/h8-9,11H,4-7H2,1-3H3. The maximum Gasteiger partial charge on any atom is 0.236 e. The summed E-state index contributed by atoms with van der Waals surface area (Å²) in [5, 5.41) is 3.07. The fourth-order valence-corrected chi connectivity index (χ4v) is 1.78. The van der Waals surface area contributed by atoms with Crippen LogP contribution in [0.15, 0.2) is 0 Å². The second-order valence-corrected chi connectivity index (χ2v) is 4.03. The highest BCUT2D eigenvalue weighted by Gasteiger charge is 2.27.